The fraction of sp³-hybridized carbons (Fsp3) is 0.455. The van der Waals surface area contributed by atoms with E-state index in [-0.39, 0.29) is 0 Å². The first-order chi connectivity index (χ1) is 9.16. The molecule has 2 aromatic heterocycles. The van der Waals surface area contributed by atoms with Gasteiger partial charge in [-0.05, 0) is 0 Å². The smallest absolute Gasteiger partial charge is 0.190 e. The van der Waals surface area contributed by atoms with Crippen LogP contribution in [0.25, 0.3) is 0 Å². The predicted molar refractivity (Wildman–Crippen MR) is 76.6 cm³/mol. The Bertz CT molecular complexity index is 525. The number of aryl methyl sites for hydroxylation is 1. The van der Waals surface area contributed by atoms with E-state index in [9.17, 15) is 0 Å². The molecule has 1 N–H and O–H groups in total. The van der Waals surface area contributed by atoms with E-state index in [1.54, 1.807) is 24.4 Å². The number of nitrogens with zero attached hydrogens (tertiary/aromatic N) is 6. The van der Waals surface area contributed by atoms with Crippen LogP contribution < -0.4 is 10.2 Å². The maximum Gasteiger partial charge on any atom is 0.190 e. The molecule has 2 heterocycles. The minimum Gasteiger partial charge on any atom is -0.369 e. The van der Waals surface area contributed by atoms with Crippen LogP contribution in [0.15, 0.2) is 23.9 Å². The van der Waals surface area contributed by atoms with Crippen molar-refractivity contribution in [2.45, 2.75) is 5.16 Å². The number of rotatable bonds is 6. The van der Waals surface area contributed by atoms with Gasteiger partial charge in [0.15, 0.2) is 5.16 Å². The molecule has 2 rings (SSSR count). The summed E-state index contributed by atoms with van der Waals surface area (Å²) in [5, 5.41) is 12.0. The maximum atomic E-state index is 4.18. The number of nitrogens with one attached hydrogen (secondary N) is 1. The van der Waals surface area contributed by atoms with Crippen molar-refractivity contribution in [3.8, 4) is 0 Å². The zero-order chi connectivity index (χ0) is 13.7. The largest absolute Gasteiger partial charge is 0.369 e. The molecule has 0 amide bonds. The van der Waals surface area contributed by atoms with Gasteiger partial charge in [-0.2, -0.15) is 0 Å². The quantitative estimate of drug-likeness (QED) is 0.621. The molecular formula is C11H17N7S. The van der Waals surface area contributed by atoms with Crippen LogP contribution in [0.5, 0.6) is 0 Å². The SMILES string of the molecule is CN(C)c1cc(NCCSc2nncn2C)ncn1. The summed E-state index contributed by atoms with van der Waals surface area (Å²) in [4.78, 5) is 10.3. The molecule has 0 aliphatic carbocycles. The van der Waals surface area contributed by atoms with Crippen molar-refractivity contribution >= 4 is 23.4 Å². The standard InChI is InChI=1S/C11H17N7S/c1-17(2)10-6-9(13-7-14-10)12-4-5-19-11-16-15-8-18(11)3/h6-8H,4-5H2,1-3H3,(H,12,13,14). The molecular weight excluding hydrogens is 262 g/mol. The van der Waals surface area contributed by atoms with Crippen LogP contribution in [0, 0.1) is 0 Å². The Balaban J connectivity index is 1.79. The predicted octanol–water partition coefficient (Wildman–Crippen LogP) is 0.875. The second kappa shape index (κ2) is 6.37. The van der Waals surface area contributed by atoms with Crippen LogP contribution in [0.3, 0.4) is 0 Å². The zero-order valence-corrected chi connectivity index (χ0v) is 12.1. The van der Waals surface area contributed by atoms with E-state index in [1.807, 2.05) is 36.7 Å². The van der Waals surface area contributed by atoms with Crippen molar-refractivity contribution in [3.05, 3.63) is 18.7 Å². The van der Waals surface area contributed by atoms with Gasteiger partial charge in [-0.3, -0.25) is 0 Å². The van der Waals surface area contributed by atoms with Gasteiger partial charge < -0.3 is 14.8 Å². The number of aromatic nitrogens is 5. The van der Waals surface area contributed by atoms with Crippen molar-refractivity contribution in [2.24, 2.45) is 7.05 Å². The summed E-state index contributed by atoms with van der Waals surface area (Å²) in [6.07, 6.45) is 3.26. The van der Waals surface area contributed by atoms with Gasteiger partial charge in [0.05, 0.1) is 0 Å². The minimum atomic E-state index is 0.807. The van der Waals surface area contributed by atoms with Gasteiger partial charge in [0.2, 0.25) is 0 Å². The third-order valence-corrected chi connectivity index (χ3v) is 3.46. The van der Waals surface area contributed by atoms with E-state index in [1.165, 1.54) is 0 Å². The summed E-state index contributed by atoms with van der Waals surface area (Å²) in [6, 6.07) is 1.92. The first kappa shape index (κ1) is 13.6. The molecule has 0 atom stereocenters. The highest BCUT2D eigenvalue weighted by Gasteiger charge is 2.02. The molecule has 0 aliphatic heterocycles. The molecule has 7 nitrogen and oxygen atoms in total. The Morgan fingerprint density at radius 1 is 1.37 bits per heavy atom. The molecule has 0 saturated heterocycles. The molecule has 0 aliphatic rings. The zero-order valence-electron chi connectivity index (χ0n) is 11.2. The topological polar surface area (TPSA) is 71.8 Å². The van der Waals surface area contributed by atoms with E-state index in [0.717, 1.165) is 29.1 Å². The van der Waals surface area contributed by atoms with Crippen LogP contribution in [0.4, 0.5) is 11.6 Å². The minimum absolute atomic E-state index is 0.807. The number of anilines is 2. The van der Waals surface area contributed by atoms with Crippen LogP contribution >= 0.6 is 11.8 Å². The fourth-order valence-electron chi connectivity index (χ4n) is 1.41. The van der Waals surface area contributed by atoms with Gasteiger partial charge >= 0.3 is 0 Å². The highest BCUT2D eigenvalue weighted by Crippen LogP contribution is 2.14. The summed E-state index contributed by atoms with van der Waals surface area (Å²) in [5.74, 6) is 2.61. The van der Waals surface area contributed by atoms with Gasteiger partial charge in [-0.15, -0.1) is 10.2 Å². The summed E-state index contributed by atoms with van der Waals surface area (Å²) >= 11 is 1.66. The molecule has 0 fully saturated rings. The molecule has 0 bridgehead atoms. The normalized spacial score (nSPS) is 10.5. The second-order valence-electron chi connectivity index (χ2n) is 4.16. The second-order valence-corrected chi connectivity index (χ2v) is 5.22. The third kappa shape index (κ3) is 3.82. The summed E-state index contributed by atoms with van der Waals surface area (Å²) in [7, 11) is 5.84. The van der Waals surface area contributed by atoms with Gasteiger partial charge in [0.1, 0.15) is 24.3 Å². The Morgan fingerprint density at radius 2 is 2.21 bits per heavy atom. The van der Waals surface area contributed by atoms with Crippen LogP contribution in [0.1, 0.15) is 0 Å². The Hall–Kier alpha value is -1.83. The number of hydrogen-bond donors (Lipinski definition) is 1. The van der Waals surface area contributed by atoms with Crippen molar-refractivity contribution in [2.75, 3.05) is 36.6 Å². The van der Waals surface area contributed by atoms with Gasteiger partial charge in [-0.25, -0.2) is 9.97 Å². The van der Waals surface area contributed by atoms with Crippen LogP contribution in [0.2, 0.25) is 0 Å². The van der Waals surface area contributed by atoms with Crippen molar-refractivity contribution in [1.29, 1.82) is 0 Å². The fourth-order valence-corrected chi connectivity index (χ4v) is 2.16. The van der Waals surface area contributed by atoms with E-state index in [0.29, 0.717) is 0 Å². The lowest BCUT2D eigenvalue weighted by atomic mass is 10.5. The highest BCUT2D eigenvalue weighted by atomic mass is 32.2. The number of thioether (sulfide) groups is 1. The van der Waals surface area contributed by atoms with E-state index >= 15 is 0 Å². The monoisotopic (exact) mass is 279 g/mol. The molecule has 0 radical (unpaired) electrons. The average molecular weight is 279 g/mol. The van der Waals surface area contributed by atoms with Gasteiger partial charge in [-0.1, -0.05) is 11.8 Å². The van der Waals surface area contributed by atoms with Crippen molar-refractivity contribution in [1.82, 2.24) is 24.7 Å². The summed E-state index contributed by atoms with van der Waals surface area (Å²) in [6.45, 7) is 0.807. The van der Waals surface area contributed by atoms with Gasteiger partial charge in [0, 0.05) is 39.5 Å². The molecule has 0 aromatic carbocycles. The first-order valence-electron chi connectivity index (χ1n) is 5.87. The molecule has 102 valence electrons. The van der Waals surface area contributed by atoms with Gasteiger partial charge in [0.25, 0.3) is 0 Å². The average Bonchev–Trinajstić information content (AvgIpc) is 2.81. The lowest BCUT2D eigenvalue weighted by Crippen LogP contribution is -2.12. The van der Waals surface area contributed by atoms with Crippen molar-refractivity contribution < 1.29 is 0 Å². The molecule has 0 spiro atoms. The summed E-state index contributed by atoms with van der Waals surface area (Å²) in [5.41, 5.74) is 0. The lowest BCUT2D eigenvalue weighted by molar-refractivity contribution is 0.788. The molecule has 19 heavy (non-hydrogen) atoms. The van der Waals surface area contributed by atoms with E-state index < -0.39 is 0 Å². The molecule has 2 aromatic rings. The Kier molecular flexibility index (Phi) is 4.56. The molecule has 8 heteroatoms. The van der Waals surface area contributed by atoms with E-state index in [2.05, 4.69) is 25.5 Å². The summed E-state index contributed by atoms with van der Waals surface area (Å²) < 4.78 is 1.90. The lowest BCUT2D eigenvalue weighted by Gasteiger charge is -2.12. The van der Waals surface area contributed by atoms with Crippen LogP contribution in [-0.4, -0.2) is 51.1 Å². The number of hydrogen-bond acceptors (Lipinski definition) is 7. The Labute approximate surface area is 116 Å². The highest BCUT2D eigenvalue weighted by molar-refractivity contribution is 7.99. The van der Waals surface area contributed by atoms with Crippen molar-refractivity contribution in [3.63, 3.8) is 0 Å². The van der Waals surface area contributed by atoms with E-state index in [4.69, 9.17) is 0 Å². The first-order valence-corrected chi connectivity index (χ1v) is 6.85. The maximum absolute atomic E-state index is 4.18. The molecule has 0 saturated carbocycles. The Morgan fingerprint density at radius 3 is 2.89 bits per heavy atom. The molecule has 0 unspecified atom stereocenters. The third-order valence-electron chi connectivity index (χ3n) is 2.42. The van der Waals surface area contributed by atoms with Crippen LogP contribution in [-0.2, 0) is 7.05 Å².